The highest BCUT2D eigenvalue weighted by molar-refractivity contribution is 5.82. The maximum absolute atomic E-state index is 6.12. The summed E-state index contributed by atoms with van der Waals surface area (Å²) in [4.78, 5) is 4.46. The number of benzene rings is 1. The van der Waals surface area contributed by atoms with Gasteiger partial charge in [0, 0.05) is 18.2 Å². The molecule has 5 heteroatoms. The molecule has 1 aromatic carbocycles. The summed E-state index contributed by atoms with van der Waals surface area (Å²) in [5.74, 6) is 2.55. The van der Waals surface area contributed by atoms with E-state index >= 15 is 0 Å². The number of imidazole rings is 1. The SMILES string of the molecule is CCC(C)CC(C)n1c(N)nc2cc(OC)c(OC)cc21. The first-order chi connectivity index (χ1) is 10.0. The van der Waals surface area contributed by atoms with E-state index in [4.69, 9.17) is 15.2 Å². The molecule has 0 spiro atoms. The Morgan fingerprint density at radius 3 is 2.38 bits per heavy atom. The highest BCUT2D eigenvalue weighted by atomic mass is 16.5. The monoisotopic (exact) mass is 291 g/mol. The van der Waals surface area contributed by atoms with E-state index in [2.05, 4.69) is 30.3 Å². The molecule has 0 bridgehead atoms. The van der Waals surface area contributed by atoms with Gasteiger partial charge in [-0.3, -0.25) is 0 Å². The van der Waals surface area contributed by atoms with Crippen LogP contribution in [0.3, 0.4) is 0 Å². The number of hydrogen-bond acceptors (Lipinski definition) is 4. The van der Waals surface area contributed by atoms with Gasteiger partial charge in [0.2, 0.25) is 5.95 Å². The van der Waals surface area contributed by atoms with Gasteiger partial charge in [-0.25, -0.2) is 4.98 Å². The van der Waals surface area contributed by atoms with E-state index in [0.29, 0.717) is 29.4 Å². The van der Waals surface area contributed by atoms with Gasteiger partial charge >= 0.3 is 0 Å². The molecule has 1 aromatic heterocycles. The topological polar surface area (TPSA) is 62.3 Å². The molecule has 2 unspecified atom stereocenters. The molecule has 0 aliphatic rings. The summed E-state index contributed by atoms with van der Waals surface area (Å²) in [6.07, 6.45) is 2.23. The van der Waals surface area contributed by atoms with Crippen LogP contribution < -0.4 is 15.2 Å². The number of methoxy groups -OCH3 is 2. The molecule has 0 aliphatic carbocycles. The van der Waals surface area contributed by atoms with E-state index < -0.39 is 0 Å². The second kappa shape index (κ2) is 6.24. The molecular weight excluding hydrogens is 266 g/mol. The van der Waals surface area contributed by atoms with Gasteiger partial charge in [0.15, 0.2) is 11.5 Å². The van der Waals surface area contributed by atoms with Crippen molar-refractivity contribution < 1.29 is 9.47 Å². The first kappa shape index (κ1) is 15.5. The van der Waals surface area contributed by atoms with Crippen LogP contribution in [0.1, 0.15) is 39.7 Å². The van der Waals surface area contributed by atoms with Crippen molar-refractivity contribution in [1.29, 1.82) is 0 Å². The Morgan fingerprint density at radius 1 is 1.19 bits per heavy atom. The van der Waals surface area contributed by atoms with Crippen LogP contribution in [-0.2, 0) is 0 Å². The molecule has 2 N–H and O–H groups in total. The lowest BCUT2D eigenvalue weighted by atomic mass is 10.00. The van der Waals surface area contributed by atoms with Gasteiger partial charge < -0.3 is 19.8 Å². The van der Waals surface area contributed by atoms with Gasteiger partial charge in [0.25, 0.3) is 0 Å². The number of nitrogens with two attached hydrogens (primary N) is 1. The summed E-state index contributed by atoms with van der Waals surface area (Å²) in [5.41, 5.74) is 7.95. The predicted octanol–water partition coefficient (Wildman–Crippen LogP) is 3.63. The summed E-state index contributed by atoms with van der Waals surface area (Å²) in [6, 6.07) is 4.12. The maximum atomic E-state index is 6.12. The molecule has 2 atom stereocenters. The fraction of sp³-hybridized carbons (Fsp3) is 0.562. The number of rotatable bonds is 6. The van der Waals surface area contributed by atoms with Crippen LogP contribution in [0.25, 0.3) is 11.0 Å². The normalized spacial score (nSPS) is 14.1. The molecule has 1 heterocycles. The minimum atomic E-state index is 0.294. The van der Waals surface area contributed by atoms with Crippen molar-refractivity contribution in [2.75, 3.05) is 20.0 Å². The van der Waals surface area contributed by atoms with Crippen LogP contribution in [-0.4, -0.2) is 23.8 Å². The molecule has 5 nitrogen and oxygen atoms in total. The summed E-state index contributed by atoms with van der Waals surface area (Å²) >= 11 is 0. The molecule has 0 saturated heterocycles. The average Bonchev–Trinajstić information content (AvgIpc) is 2.80. The van der Waals surface area contributed by atoms with Crippen LogP contribution in [0.15, 0.2) is 12.1 Å². The average molecular weight is 291 g/mol. The van der Waals surface area contributed by atoms with Crippen molar-refractivity contribution in [1.82, 2.24) is 9.55 Å². The van der Waals surface area contributed by atoms with Crippen molar-refractivity contribution in [2.45, 2.75) is 39.7 Å². The van der Waals surface area contributed by atoms with E-state index in [-0.39, 0.29) is 0 Å². The number of nitrogen functional groups attached to an aromatic ring is 1. The number of hydrogen-bond donors (Lipinski definition) is 1. The van der Waals surface area contributed by atoms with E-state index in [1.165, 1.54) is 0 Å². The number of aromatic nitrogens is 2. The van der Waals surface area contributed by atoms with E-state index in [1.54, 1.807) is 14.2 Å². The lowest BCUT2D eigenvalue weighted by Crippen LogP contribution is -2.12. The molecule has 2 aromatic rings. The molecule has 2 rings (SSSR count). The van der Waals surface area contributed by atoms with Gasteiger partial charge in [-0.2, -0.15) is 0 Å². The van der Waals surface area contributed by atoms with Gasteiger partial charge in [0.1, 0.15) is 0 Å². The first-order valence-electron chi connectivity index (χ1n) is 7.41. The second-order valence-electron chi connectivity index (χ2n) is 5.63. The lowest BCUT2D eigenvalue weighted by Gasteiger charge is -2.19. The van der Waals surface area contributed by atoms with Gasteiger partial charge in [-0.05, 0) is 19.3 Å². The third kappa shape index (κ3) is 2.91. The molecule has 0 aliphatic heterocycles. The molecular formula is C16H25N3O2. The summed E-state index contributed by atoms with van der Waals surface area (Å²) in [7, 11) is 3.26. The van der Waals surface area contributed by atoms with Crippen molar-refractivity contribution in [2.24, 2.45) is 5.92 Å². The molecule has 0 fully saturated rings. The van der Waals surface area contributed by atoms with Crippen LogP contribution >= 0.6 is 0 Å². The molecule has 21 heavy (non-hydrogen) atoms. The predicted molar refractivity (Wildman–Crippen MR) is 86.0 cm³/mol. The molecule has 0 amide bonds. The summed E-state index contributed by atoms with van der Waals surface area (Å²) < 4.78 is 12.8. The van der Waals surface area contributed by atoms with Crippen LogP contribution in [0.5, 0.6) is 11.5 Å². The van der Waals surface area contributed by atoms with Crippen molar-refractivity contribution >= 4 is 17.0 Å². The number of fused-ring (bicyclic) bond motifs is 1. The Kier molecular flexibility index (Phi) is 4.60. The van der Waals surface area contributed by atoms with E-state index in [9.17, 15) is 0 Å². The zero-order chi connectivity index (χ0) is 15.6. The zero-order valence-corrected chi connectivity index (χ0v) is 13.5. The molecule has 0 radical (unpaired) electrons. The smallest absolute Gasteiger partial charge is 0.201 e. The summed E-state index contributed by atoms with van der Waals surface area (Å²) in [5, 5.41) is 0. The second-order valence-corrected chi connectivity index (χ2v) is 5.63. The summed E-state index contributed by atoms with van der Waals surface area (Å²) in [6.45, 7) is 6.65. The van der Waals surface area contributed by atoms with E-state index in [1.807, 2.05) is 12.1 Å². The largest absolute Gasteiger partial charge is 0.493 e. The van der Waals surface area contributed by atoms with Crippen molar-refractivity contribution in [3.63, 3.8) is 0 Å². The fourth-order valence-electron chi connectivity index (χ4n) is 2.76. The van der Waals surface area contributed by atoms with Crippen molar-refractivity contribution in [3.8, 4) is 11.5 Å². The first-order valence-corrected chi connectivity index (χ1v) is 7.41. The highest BCUT2D eigenvalue weighted by Gasteiger charge is 2.18. The Morgan fingerprint density at radius 2 is 1.81 bits per heavy atom. The Bertz CT molecular complexity index is 621. The Balaban J connectivity index is 2.50. The number of nitrogens with zero attached hydrogens (tertiary/aromatic N) is 2. The minimum absolute atomic E-state index is 0.294. The lowest BCUT2D eigenvalue weighted by molar-refractivity contribution is 0.355. The standard InChI is InChI=1S/C16H25N3O2/c1-6-10(2)7-11(3)19-13-9-15(21-5)14(20-4)8-12(13)18-16(19)17/h8-11H,6-7H2,1-5H3,(H2,17,18). The fourth-order valence-corrected chi connectivity index (χ4v) is 2.76. The maximum Gasteiger partial charge on any atom is 0.201 e. The quantitative estimate of drug-likeness (QED) is 0.882. The third-order valence-corrected chi connectivity index (χ3v) is 4.10. The van der Waals surface area contributed by atoms with Crippen LogP contribution in [0, 0.1) is 5.92 Å². The Hall–Kier alpha value is -1.91. The van der Waals surface area contributed by atoms with Crippen LogP contribution in [0.4, 0.5) is 5.95 Å². The zero-order valence-electron chi connectivity index (χ0n) is 13.5. The molecule has 0 saturated carbocycles. The number of anilines is 1. The third-order valence-electron chi connectivity index (χ3n) is 4.10. The van der Waals surface area contributed by atoms with Gasteiger partial charge in [-0.1, -0.05) is 20.3 Å². The van der Waals surface area contributed by atoms with E-state index in [0.717, 1.165) is 23.9 Å². The van der Waals surface area contributed by atoms with Crippen molar-refractivity contribution in [3.05, 3.63) is 12.1 Å². The van der Waals surface area contributed by atoms with Gasteiger partial charge in [0.05, 0.1) is 25.3 Å². The Labute approximate surface area is 126 Å². The number of ether oxygens (including phenoxy) is 2. The van der Waals surface area contributed by atoms with Crippen LogP contribution in [0.2, 0.25) is 0 Å². The van der Waals surface area contributed by atoms with Gasteiger partial charge in [-0.15, -0.1) is 0 Å². The highest BCUT2D eigenvalue weighted by Crippen LogP contribution is 2.35. The minimum Gasteiger partial charge on any atom is -0.493 e. The molecule has 116 valence electrons.